The van der Waals surface area contributed by atoms with Gasteiger partial charge in [-0.05, 0) is 36.5 Å². The first-order valence-corrected chi connectivity index (χ1v) is 7.18. The molecule has 0 aliphatic heterocycles. The quantitative estimate of drug-likeness (QED) is 0.746. The Bertz CT molecular complexity index is 565. The molecule has 0 bridgehead atoms. The van der Waals surface area contributed by atoms with Gasteiger partial charge in [0.15, 0.2) is 0 Å². The van der Waals surface area contributed by atoms with E-state index in [9.17, 15) is 14.7 Å². The number of amides is 1. The number of aromatic carboxylic acids is 1. The van der Waals surface area contributed by atoms with Crippen LogP contribution in [0.4, 0.5) is 5.69 Å². The number of hydrogen-bond donors (Lipinski definition) is 3. The van der Waals surface area contributed by atoms with E-state index in [0.29, 0.717) is 0 Å². The summed E-state index contributed by atoms with van der Waals surface area (Å²) >= 11 is 0. The summed E-state index contributed by atoms with van der Waals surface area (Å²) in [5.41, 5.74) is 0.0477. The van der Waals surface area contributed by atoms with E-state index in [1.807, 2.05) is 0 Å². The molecule has 0 radical (unpaired) electrons. The first kappa shape index (κ1) is 15.4. The molecule has 0 heterocycles. The zero-order valence-electron chi connectivity index (χ0n) is 12.3. The van der Waals surface area contributed by atoms with E-state index in [2.05, 4.69) is 19.2 Å². The lowest BCUT2D eigenvalue weighted by Crippen LogP contribution is -2.37. The molecule has 1 aliphatic carbocycles. The predicted molar refractivity (Wildman–Crippen MR) is 79.4 cm³/mol. The van der Waals surface area contributed by atoms with E-state index < -0.39 is 5.97 Å². The number of rotatable bonds is 3. The highest BCUT2D eigenvalue weighted by atomic mass is 16.4. The van der Waals surface area contributed by atoms with E-state index in [1.54, 1.807) is 0 Å². The lowest BCUT2D eigenvalue weighted by molar-refractivity contribution is -0.124. The van der Waals surface area contributed by atoms with Crippen molar-refractivity contribution in [2.24, 2.45) is 11.3 Å². The number of nitrogens with one attached hydrogen (secondary N) is 1. The molecule has 2 rings (SSSR count). The Kier molecular flexibility index (Phi) is 4.21. The summed E-state index contributed by atoms with van der Waals surface area (Å²) in [4.78, 5) is 23.7. The standard InChI is InChI=1S/C16H21NO4/c1-16(2)8-4-3-5-12(16)14(19)17-13-7-6-10(18)9-11(13)15(20)21/h6-7,9,12,18H,3-5,8H2,1-2H3,(H,17,19)(H,20,21). The molecule has 5 nitrogen and oxygen atoms in total. The maximum atomic E-state index is 12.5. The van der Waals surface area contributed by atoms with Crippen LogP contribution in [-0.2, 0) is 4.79 Å². The molecular weight excluding hydrogens is 270 g/mol. The van der Waals surface area contributed by atoms with Crippen LogP contribution < -0.4 is 5.32 Å². The number of carbonyl (C=O) groups excluding carboxylic acids is 1. The number of carboxylic acid groups (broad SMARTS) is 1. The van der Waals surface area contributed by atoms with Crippen LogP contribution in [0.5, 0.6) is 5.75 Å². The average Bonchev–Trinajstić information content (AvgIpc) is 2.39. The molecule has 0 spiro atoms. The van der Waals surface area contributed by atoms with Crippen molar-refractivity contribution in [3.05, 3.63) is 23.8 Å². The number of phenols is 1. The molecule has 1 aromatic carbocycles. The second-order valence-electron chi connectivity index (χ2n) is 6.31. The van der Waals surface area contributed by atoms with E-state index in [-0.39, 0.29) is 34.2 Å². The number of carboxylic acids is 1. The zero-order chi connectivity index (χ0) is 15.6. The van der Waals surface area contributed by atoms with Crippen LogP contribution in [0.25, 0.3) is 0 Å². The first-order chi connectivity index (χ1) is 9.81. The largest absolute Gasteiger partial charge is 0.508 e. The second-order valence-corrected chi connectivity index (χ2v) is 6.31. The van der Waals surface area contributed by atoms with Crippen LogP contribution in [0, 0.1) is 11.3 Å². The summed E-state index contributed by atoms with van der Waals surface area (Å²) in [5, 5.41) is 21.2. The van der Waals surface area contributed by atoms with Crippen LogP contribution in [0.2, 0.25) is 0 Å². The van der Waals surface area contributed by atoms with Gasteiger partial charge < -0.3 is 15.5 Å². The zero-order valence-corrected chi connectivity index (χ0v) is 12.3. The highest BCUT2D eigenvalue weighted by Gasteiger charge is 2.37. The summed E-state index contributed by atoms with van der Waals surface area (Å²) in [5.74, 6) is -1.58. The van der Waals surface area contributed by atoms with Crippen molar-refractivity contribution in [2.75, 3.05) is 5.32 Å². The third kappa shape index (κ3) is 3.35. The molecule has 1 fully saturated rings. The molecule has 0 aromatic heterocycles. The molecular formula is C16H21NO4. The van der Waals surface area contributed by atoms with Gasteiger partial charge in [0.1, 0.15) is 5.75 Å². The van der Waals surface area contributed by atoms with Gasteiger partial charge in [-0.1, -0.05) is 26.7 Å². The Morgan fingerprint density at radius 3 is 2.62 bits per heavy atom. The minimum Gasteiger partial charge on any atom is -0.508 e. The van der Waals surface area contributed by atoms with Gasteiger partial charge in [-0.2, -0.15) is 0 Å². The number of phenolic OH excluding ortho intramolecular Hbond substituents is 1. The van der Waals surface area contributed by atoms with Gasteiger partial charge in [0.2, 0.25) is 5.91 Å². The van der Waals surface area contributed by atoms with Crippen molar-refractivity contribution in [3.63, 3.8) is 0 Å². The molecule has 0 saturated heterocycles. The molecule has 1 aliphatic rings. The maximum absolute atomic E-state index is 12.5. The summed E-state index contributed by atoms with van der Waals surface area (Å²) in [6.07, 6.45) is 3.95. The summed E-state index contributed by atoms with van der Waals surface area (Å²) in [6, 6.07) is 3.94. The van der Waals surface area contributed by atoms with Gasteiger partial charge in [0.25, 0.3) is 0 Å². The fourth-order valence-corrected chi connectivity index (χ4v) is 3.02. The Morgan fingerprint density at radius 2 is 2.00 bits per heavy atom. The van der Waals surface area contributed by atoms with E-state index >= 15 is 0 Å². The predicted octanol–water partition coefficient (Wildman–Crippen LogP) is 3.25. The Labute approximate surface area is 124 Å². The Morgan fingerprint density at radius 1 is 1.29 bits per heavy atom. The topological polar surface area (TPSA) is 86.6 Å². The van der Waals surface area contributed by atoms with Crippen LogP contribution in [0.3, 0.4) is 0 Å². The minimum absolute atomic E-state index is 0.0807. The van der Waals surface area contributed by atoms with Crippen molar-refractivity contribution < 1.29 is 19.8 Å². The van der Waals surface area contributed by atoms with Crippen molar-refractivity contribution >= 4 is 17.6 Å². The monoisotopic (exact) mass is 291 g/mol. The lowest BCUT2D eigenvalue weighted by Gasteiger charge is -2.37. The molecule has 1 amide bonds. The molecule has 1 saturated carbocycles. The summed E-state index contributed by atoms with van der Waals surface area (Å²) < 4.78 is 0. The normalized spacial score (nSPS) is 20.8. The number of benzene rings is 1. The fraction of sp³-hybridized carbons (Fsp3) is 0.500. The maximum Gasteiger partial charge on any atom is 0.337 e. The number of aromatic hydroxyl groups is 1. The first-order valence-electron chi connectivity index (χ1n) is 7.18. The number of carbonyl (C=O) groups is 2. The highest BCUT2D eigenvalue weighted by Crippen LogP contribution is 2.41. The van der Waals surface area contributed by atoms with Crippen LogP contribution in [-0.4, -0.2) is 22.1 Å². The third-order valence-electron chi connectivity index (χ3n) is 4.32. The van der Waals surface area contributed by atoms with Gasteiger partial charge in [0.05, 0.1) is 11.3 Å². The fourth-order valence-electron chi connectivity index (χ4n) is 3.02. The SMILES string of the molecule is CC1(C)CCCCC1C(=O)Nc1ccc(O)cc1C(=O)O. The molecule has 114 valence electrons. The number of hydrogen-bond acceptors (Lipinski definition) is 3. The van der Waals surface area contributed by atoms with Gasteiger partial charge >= 0.3 is 5.97 Å². The third-order valence-corrected chi connectivity index (χ3v) is 4.32. The molecule has 21 heavy (non-hydrogen) atoms. The summed E-state index contributed by atoms with van der Waals surface area (Å²) in [6.45, 7) is 4.15. The number of anilines is 1. The van der Waals surface area contributed by atoms with Crippen LogP contribution in [0.1, 0.15) is 49.9 Å². The average molecular weight is 291 g/mol. The smallest absolute Gasteiger partial charge is 0.337 e. The second kappa shape index (κ2) is 5.76. The minimum atomic E-state index is -1.18. The molecule has 1 unspecified atom stereocenters. The lowest BCUT2D eigenvalue weighted by atomic mass is 9.68. The molecule has 1 atom stereocenters. The highest BCUT2D eigenvalue weighted by molar-refractivity contribution is 6.01. The Hall–Kier alpha value is -2.04. The van der Waals surface area contributed by atoms with Crippen molar-refractivity contribution in [2.45, 2.75) is 39.5 Å². The van der Waals surface area contributed by atoms with Crippen molar-refractivity contribution in [1.29, 1.82) is 0 Å². The Balaban J connectivity index is 2.22. The van der Waals surface area contributed by atoms with E-state index in [0.717, 1.165) is 31.7 Å². The molecule has 5 heteroatoms. The van der Waals surface area contributed by atoms with Gasteiger partial charge in [0, 0.05) is 5.92 Å². The van der Waals surface area contributed by atoms with Crippen molar-refractivity contribution in [3.8, 4) is 5.75 Å². The van der Waals surface area contributed by atoms with Gasteiger partial charge in [-0.3, -0.25) is 4.79 Å². The van der Waals surface area contributed by atoms with Gasteiger partial charge in [-0.25, -0.2) is 4.79 Å². The van der Waals surface area contributed by atoms with Crippen LogP contribution >= 0.6 is 0 Å². The molecule has 3 N–H and O–H groups in total. The summed E-state index contributed by atoms with van der Waals surface area (Å²) in [7, 11) is 0. The van der Waals surface area contributed by atoms with Crippen LogP contribution in [0.15, 0.2) is 18.2 Å². The molecule has 1 aromatic rings. The van der Waals surface area contributed by atoms with E-state index in [1.165, 1.54) is 12.1 Å². The van der Waals surface area contributed by atoms with Crippen molar-refractivity contribution in [1.82, 2.24) is 0 Å². The van der Waals surface area contributed by atoms with E-state index in [4.69, 9.17) is 5.11 Å². The van der Waals surface area contributed by atoms with Gasteiger partial charge in [-0.15, -0.1) is 0 Å².